The number of carbonyl (C=O) groups is 1. The van der Waals surface area contributed by atoms with Crippen molar-refractivity contribution in [3.63, 3.8) is 0 Å². The van der Waals surface area contributed by atoms with Crippen LogP contribution in [-0.4, -0.2) is 21.0 Å². The van der Waals surface area contributed by atoms with Crippen LogP contribution < -0.4 is 10.6 Å². The second-order valence-electron chi connectivity index (χ2n) is 4.95. The molecule has 0 aliphatic rings. The number of hydrogen-bond donors (Lipinski definition) is 2. The molecule has 7 heteroatoms. The van der Waals surface area contributed by atoms with Crippen molar-refractivity contribution in [1.82, 2.24) is 25.6 Å². The average molecular weight is 327 g/mol. The van der Waals surface area contributed by atoms with Crippen LogP contribution in [0, 0.1) is 0 Å². The van der Waals surface area contributed by atoms with Gasteiger partial charge in [-0.2, -0.15) is 15.0 Å². The first-order chi connectivity index (χ1) is 11.3. The van der Waals surface area contributed by atoms with E-state index in [-0.39, 0.29) is 12.1 Å². The van der Waals surface area contributed by atoms with Gasteiger partial charge in [-0.25, -0.2) is 4.79 Å². The molecule has 0 bridgehead atoms. The molecular formula is C16H17N5OS. The summed E-state index contributed by atoms with van der Waals surface area (Å²) < 4.78 is 0. The van der Waals surface area contributed by atoms with Crippen molar-refractivity contribution in [2.75, 3.05) is 0 Å². The van der Waals surface area contributed by atoms with E-state index in [0.717, 1.165) is 10.4 Å². The molecule has 6 nitrogen and oxygen atoms in total. The number of nitrogens with zero attached hydrogens (tertiary/aromatic N) is 3. The van der Waals surface area contributed by atoms with Crippen LogP contribution in [0.1, 0.15) is 16.5 Å². The second kappa shape index (κ2) is 7.55. The number of nitrogens with one attached hydrogen (secondary N) is 2. The first-order valence-electron chi connectivity index (χ1n) is 7.27. The molecule has 0 aliphatic carbocycles. The number of benzene rings is 1. The van der Waals surface area contributed by atoms with Crippen LogP contribution in [0.5, 0.6) is 0 Å². The summed E-state index contributed by atoms with van der Waals surface area (Å²) in [5.41, 5.74) is 1.01. The predicted molar refractivity (Wildman–Crippen MR) is 88.9 cm³/mol. The molecule has 23 heavy (non-hydrogen) atoms. The van der Waals surface area contributed by atoms with E-state index in [9.17, 15) is 4.79 Å². The van der Waals surface area contributed by atoms with Crippen molar-refractivity contribution < 1.29 is 4.79 Å². The summed E-state index contributed by atoms with van der Waals surface area (Å²) in [6, 6.07) is 13.4. The molecular weight excluding hydrogens is 310 g/mol. The SMILES string of the molecule is O=C(NCc1cccs1)NC(Cn1nccn1)c1ccccc1. The van der Waals surface area contributed by atoms with Crippen molar-refractivity contribution in [3.05, 3.63) is 70.7 Å². The molecule has 0 saturated heterocycles. The molecule has 3 aromatic rings. The lowest BCUT2D eigenvalue weighted by atomic mass is 10.1. The van der Waals surface area contributed by atoms with E-state index in [1.807, 2.05) is 47.8 Å². The lowest BCUT2D eigenvalue weighted by molar-refractivity contribution is 0.234. The van der Waals surface area contributed by atoms with E-state index in [2.05, 4.69) is 20.8 Å². The van der Waals surface area contributed by atoms with Crippen molar-refractivity contribution >= 4 is 17.4 Å². The Hall–Kier alpha value is -2.67. The monoisotopic (exact) mass is 327 g/mol. The van der Waals surface area contributed by atoms with Crippen LogP contribution >= 0.6 is 11.3 Å². The Morgan fingerprint density at radius 2 is 1.91 bits per heavy atom. The van der Waals surface area contributed by atoms with E-state index < -0.39 is 0 Å². The van der Waals surface area contributed by atoms with Gasteiger partial charge in [-0.15, -0.1) is 11.3 Å². The number of carbonyl (C=O) groups excluding carboxylic acids is 1. The minimum atomic E-state index is -0.209. The summed E-state index contributed by atoms with van der Waals surface area (Å²) in [5.74, 6) is 0. The minimum absolute atomic E-state index is 0.202. The number of thiophene rings is 1. The van der Waals surface area contributed by atoms with Crippen molar-refractivity contribution in [3.8, 4) is 0 Å². The summed E-state index contributed by atoms with van der Waals surface area (Å²) in [6.07, 6.45) is 3.25. The first kappa shape index (κ1) is 15.2. The molecule has 118 valence electrons. The Morgan fingerprint density at radius 1 is 1.13 bits per heavy atom. The second-order valence-corrected chi connectivity index (χ2v) is 5.99. The van der Waals surface area contributed by atoms with Gasteiger partial charge in [0.15, 0.2) is 0 Å². The van der Waals surface area contributed by atoms with Crippen LogP contribution in [0.2, 0.25) is 0 Å². The van der Waals surface area contributed by atoms with Gasteiger partial charge in [-0.05, 0) is 17.0 Å². The van der Waals surface area contributed by atoms with Crippen molar-refractivity contribution in [2.24, 2.45) is 0 Å². The van der Waals surface area contributed by atoms with E-state index >= 15 is 0 Å². The predicted octanol–water partition coefficient (Wildman–Crippen LogP) is 2.58. The van der Waals surface area contributed by atoms with Crippen LogP contribution in [-0.2, 0) is 13.1 Å². The fourth-order valence-corrected chi connectivity index (χ4v) is 2.86. The zero-order valence-electron chi connectivity index (χ0n) is 12.4. The van der Waals surface area contributed by atoms with Crippen LogP contribution in [0.15, 0.2) is 60.2 Å². The molecule has 0 aliphatic heterocycles. The van der Waals surface area contributed by atoms with Crippen LogP contribution in [0.4, 0.5) is 4.79 Å². The summed E-state index contributed by atoms with van der Waals surface area (Å²) in [4.78, 5) is 14.9. The normalized spacial score (nSPS) is 11.8. The zero-order valence-corrected chi connectivity index (χ0v) is 13.2. The Morgan fingerprint density at radius 3 is 2.61 bits per heavy atom. The molecule has 0 radical (unpaired) electrons. The highest BCUT2D eigenvalue weighted by molar-refractivity contribution is 7.09. The molecule has 1 atom stereocenters. The highest BCUT2D eigenvalue weighted by Gasteiger charge is 2.15. The first-order valence-corrected chi connectivity index (χ1v) is 8.15. The fraction of sp³-hybridized carbons (Fsp3) is 0.188. The maximum Gasteiger partial charge on any atom is 0.315 e. The summed E-state index contributed by atoms with van der Waals surface area (Å²) in [5, 5.41) is 16.1. The lowest BCUT2D eigenvalue weighted by Gasteiger charge is -2.19. The van der Waals surface area contributed by atoms with Gasteiger partial charge in [0.05, 0.1) is 31.5 Å². The Balaban J connectivity index is 1.64. The number of rotatable bonds is 6. The third-order valence-electron chi connectivity index (χ3n) is 3.32. The van der Waals surface area contributed by atoms with Gasteiger partial charge in [-0.1, -0.05) is 36.4 Å². The quantitative estimate of drug-likeness (QED) is 0.731. The Kier molecular flexibility index (Phi) is 5.00. The standard InChI is InChI=1S/C16H17N5OS/c22-16(17-11-14-7-4-10-23-14)20-15(12-21-18-8-9-19-21)13-5-2-1-3-6-13/h1-10,15H,11-12H2,(H2,17,20,22). The van der Waals surface area contributed by atoms with E-state index in [1.165, 1.54) is 0 Å². The molecule has 1 aromatic carbocycles. The smallest absolute Gasteiger partial charge is 0.315 e. The molecule has 0 spiro atoms. The highest BCUT2D eigenvalue weighted by Crippen LogP contribution is 2.14. The third-order valence-corrected chi connectivity index (χ3v) is 4.20. The summed E-state index contributed by atoms with van der Waals surface area (Å²) in [6.45, 7) is 0.995. The number of urea groups is 1. The van der Waals surface area contributed by atoms with Crippen molar-refractivity contribution in [1.29, 1.82) is 0 Å². The van der Waals surface area contributed by atoms with Crippen LogP contribution in [0.25, 0.3) is 0 Å². The third kappa shape index (κ3) is 4.40. The van der Waals surface area contributed by atoms with Gasteiger partial charge in [0.25, 0.3) is 0 Å². The molecule has 2 N–H and O–H groups in total. The molecule has 2 heterocycles. The van der Waals surface area contributed by atoms with E-state index in [4.69, 9.17) is 0 Å². The zero-order chi connectivity index (χ0) is 15.9. The largest absolute Gasteiger partial charge is 0.333 e. The van der Waals surface area contributed by atoms with Gasteiger partial charge in [-0.3, -0.25) is 0 Å². The fourth-order valence-electron chi connectivity index (χ4n) is 2.21. The topological polar surface area (TPSA) is 71.8 Å². The number of hydrogen-bond acceptors (Lipinski definition) is 4. The summed E-state index contributed by atoms with van der Waals surface area (Å²) >= 11 is 1.62. The Labute approximate surface area is 138 Å². The lowest BCUT2D eigenvalue weighted by Crippen LogP contribution is -2.39. The molecule has 1 unspecified atom stereocenters. The molecule has 3 rings (SSSR count). The molecule has 0 fully saturated rings. The van der Waals surface area contributed by atoms with Gasteiger partial charge in [0, 0.05) is 4.88 Å². The average Bonchev–Trinajstić information content (AvgIpc) is 3.27. The van der Waals surface area contributed by atoms with Gasteiger partial charge in [0.2, 0.25) is 0 Å². The maximum absolute atomic E-state index is 12.2. The highest BCUT2D eigenvalue weighted by atomic mass is 32.1. The molecule has 0 saturated carbocycles. The summed E-state index contributed by atoms with van der Waals surface area (Å²) in [7, 11) is 0. The van der Waals surface area contributed by atoms with Gasteiger partial charge < -0.3 is 10.6 Å². The molecule has 2 amide bonds. The van der Waals surface area contributed by atoms with E-state index in [0.29, 0.717) is 13.1 Å². The van der Waals surface area contributed by atoms with Gasteiger partial charge >= 0.3 is 6.03 Å². The number of amides is 2. The molecule has 2 aromatic heterocycles. The maximum atomic E-state index is 12.2. The number of aromatic nitrogens is 3. The van der Waals surface area contributed by atoms with Gasteiger partial charge in [0.1, 0.15) is 0 Å². The van der Waals surface area contributed by atoms with E-state index in [1.54, 1.807) is 28.5 Å². The Bertz CT molecular complexity index is 712. The minimum Gasteiger partial charge on any atom is -0.333 e. The van der Waals surface area contributed by atoms with Crippen LogP contribution in [0.3, 0.4) is 0 Å². The van der Waals surface area contributed by atoms with Crippen molar-refractivity contribution in [2.45, 2.75) is 19.1 Å².